The Kier molecular flexibility index (Phi) is 8.10. The van der Waals surface area contributed by atoms with Gasteiger partial charge in [0.15, 0.2) is 0 Å². The lowest BCUT2D eigenvalue weighted by Gasteiger charge is -2.14. The summed E-state index contributed by atoms with van der Waals surface area (Å²) >= 11 is 11.2. The summed E-state index contributed by atoms with van der Waals surface area (Å²) in [5, 5.41) is 1.54. The first kappa shape index (κ1) is 22.0. The van der Waals surface area contributed by atoms with Crippen LogP contribution >= 0.6 is 23.2 Å². The number of anilines is 1. The molecule has 0 atom stereocenters. The van der Waals surface area contributed by atoms with E-state index in [1.807, 2.05) is 31.1 Å². The molecular formula is C17H18Cl2N2O4S. The Labute approximate surface area is 162 Å². The van der Waals surface area contributed by atoms with Crippen molar-refractivity contribution in [3.05, 3.63) is 69.0 Å². The summed E-state index contributed by atoms with van der Waals surface area (Å²) in [6, 6.07) is 11.8. The fourth-order valence-corrected chi connectivity index (χ4v) is 2.70. The Balaban J connectivity index is 0.000000273. The van der Waals surface area contributed by atoms with Gasteiger partial charge in [-0.3, -0.25) is 9.35 Å². The van der Waals surface area contributed by atoms with Gasteiger partial charge in [0.2, 0.25) is 5.91 Å². The molecule has 0 aliphatic heterocycles. The predicted molar refractivity (Wildman–Crippen MR) is 106 cm³/mol. The number of hydrogen-bond acceptors (Lipinski definition) is 4. The summed E-state index contributed by atoms with van der Waals surface area (Å²) in [5.74, 6) is -0.549. The van der Waals surface area contributed by atoms with E-state index in [1.54, 1.807) is 18.2 Å². The highest BCUT2D eigenvalue weighted by Crippen LogP contribution is 2.20. The van der Waals surface area contributed by atoms with E-state index in [1.165, 1.54) is 18.2 Å². The van der Waals surface area contributed by atoms with Gasteiger partial charge in [0, 0.05) is 24.8 Å². The van der Waals surface area contributed by atoms with Crippen molar-refractivity contribution in [2.75, 3.05) is 19.0 Å². The lowest BCUT2D eigenvalue weighted by atomic mass is 10.1. The maximum atomic E-state index is 10.6. The van der Waals surface area contributed by atoms with Gasteiger partial charge >= 0.3 is 0 Å². The average Bonchev–Trinajstić information content (AvgIpc) is 2.52. The number of hydrogen-bond donors (Lipinski definition) is 2. The molecule has 3 N–H and O–H groups in total. The minimum Gasteiger partial charge on any atom is -0.377 e. The fourth-order valence-electron chi connectivity index (χ4n) is 1.88. The Morgan fingerprint density at radius 1 is 1.15 bits per heavy atom. The highest BCUT2D eigenvalue weighted by molar-refractivity contribution is 7.88. The third kappa shape index (κ3) is 7.45. The first-order valence-electron chi connectivity index (χ1n) is 7.18. The van der Waals surface area contributed by atoms with Crippen LogP contribution in [0.25, 0.3) is 6.08 Å². The van der Waals surface area contributed by atoms with Crippen LogP contribution in [0.4, 0.5) is 5.69 Å². The van der Waals surface area contributed by atoms with Crippen molar-refractivity contribution in [2.45, 2.75) is 0 Å². The smallest absolute Gasteiger partial charge is 0.287 e. The minimum atomic E-state index is -4.06. The number of primary amides is 1. The average molecular weight is 417 g/mol. The molecule has 0 saturated carbocycles. The molecule has 2 aromatic rings. The molecule has 6 nitrogen and oxygen atoms in total. The zero-order valence-corrected chi connectivity index (χ0v) is 16.4. The van der Waals surface area contributed by atoms with Crippen LogP contribution in [-0.4, -0.2) is 33.0 Å². The van der Waals surface area contributed by atoms with Gasteiger partial charge in [-0.2, -0.15) is 8.42 Å². The number of halogens is 2. The second-order valence-corrected chi connectivity index (χ2v) is 7.41. The zero-order chi connectivity index (χ0) is 19.9. The molecule has 26 heavy (non-hydrogen) atoms. The molecule has 0 heterocycles. The molecule has 2 rings (SSSR count). The van der Waals surface area contributed by atoms with E-state index in [9.17, 15) is 13.2 Å². The van der Waals surface area contributed by atoms with Crippen molar-refractivity contribution in [3.8, 4) is 0 Å². The molecule has 0 radical (unpaired) electrons. The second-order valence-electron chi connectivity index (χ2n) is 5.26. The van der Waals surface area contributed by atoms with Gasteiger partial charge in [0.25, 0.3) is 10.1 Å². The first-order valence-corrected chi connectivity index (χ1v) is 9.44. The van der Waals surface area contributed by atoms with Crippen molar-refractivity contribution in [1.82, 2.24) is 0 Å². The molecule has 9 heteroatoms. The van der Waals surface area contributed by atoms with Gasteiger partial charge in [-0.05, 0) is 35.9 Å². The van der Waals surface area contributed by atoms with Gasteiger partial charge in [0.05, 0.1) is 16.0 Å². The van der Waals surface area contributed by atoms with Gasteiger partial charge in [-0.1, -0.05) is 41.4 Å². The lowest BCUT2D eigenvalue weighted by molar-refractivity contribution is 0.100. The summed E-state index contributed by atoms with van der Waals surface area (Å²) < 4.78 is 29.7. The van der Waals surface area contributed by atoms with Crippen molar-refractivity contribution >= 4 is 51.0 Å². The number of carbonyl (C=O) groups excluding carboxylic acids is 1. The second kappa shape index (κ2) is 9.59. The minimum absolute atomic E-state index is 0.282. The molecule has 1 amide bonds. The third-order valence-electron chi connectivity index (χ3n) is 3.03. The lowest BCUT2D eigenvalue weighted by Crippen LogP contribution is -2.11. The highest BCUT2D eigenvalue weighted by Gasteiger charge is 2.05. The maximum absolute atomic E-state index is 10.6. The maximum Gasteiger partial charge on any atom is 0.287 e. The van der Waals surface area contributed by atoms with Gasteiger partial charge in [0.1, 0.15) is 0 Å². The van der Waals surface area contributed by atoms with E-state index in [0.717, 1.165) is 16.7 Å². The molecule has 140 valence electrons. The Morgan fingerprint density at radius 2 is 1.77 bits per heavy atom. The number of carbonyl (C=O) groups is 1. The number of rotatable bonds is 4. The van der Waals surface area contributed by atoms with E-state index in [4.69, 9.17) is 33.5 Å². The van der Waals surface area contributed by atoms with Crippen molar-refractivity contribution < 1.29 is 17.8 Å². The quantitative estimate of drug-likeness (QED) is 0.739. The number of benzene rings is 2. The molecule has 0 aromatic heterocycles. The number of nitrogens with two attached hydrogens (primary N) is 1. The number of para-hydroxylation sites is 1. The molecule has 0 saturated heterocycles. The molecule has 2 aromatic carbocycles. The van der Waals surface area contributed by atoms with Crippen molar-refractivity contribution in [3.63, 3.8) is 0 Å². The van der Waals surface area contributed by atoms with E-state index < -0.39 is 16.0 Å². The molecule has 0 unspecified atom stereocenters. The van der Waals surface area contributed by atoms with Gasteiger partial charge in [-0.25, -0.2) is 0 Å². The molecule has 0 aliphatic carbocycles. The monoisotopic (exact) mass is 416 g/mol. The van der Waals surface area contributed by atoms with Crippen LogP contribution in [0.3, 0.4) is 0 Å². The van der Waals surface area contributed by atoms with E-state index in [0.29, 0.717) is 5.02 Å². The molecule has 0 fully saturated rings. The van der Waals surface area contributed by atoms with E-state index in [-0.39, 0.29) is 10.6 Å². The van der Waals surface area contributed by atoms with Crippen LogP contribution in [0.1, 0.15) is 15.9 Å². The van der Waals surface area contributed by atoms with Crippen LogP contribution in [0, 0.1) is 0 Å². The summed E-state index contributed by atoms with van der Waals surface area (Å²) in [5.41, 5.74) is 6.91. The normalized spacial score (nSPS) is 11.0. The molecule has 0 bridgehead atoms. The first-order chi connectivity index (χ1) is 12.0. The Bertz CT molecular complexity index is 913. The topological polar surface area (TPSA) is 101 Å². The van der Waals surface area contributed by atoms with Gasteiger partial charge < -0.3 is 10.6 Å². The third-order valence-corrected chi connectivity index (χ3v) is 4.06. The van der Waals surface area contributed by atoms with Crippen molar-refractivity contribution in [1.29, 1.82) is 0 Å². The fraction of sp³-hybridized carbons (Fsp3) is 0.118. The van der Waals surface area contributed by atoms with Crippen LogP contribution in [0.5, 0.6) is 0 Å². The van der Waals surface area contributed by atoms with Crippen molar-refractivity contribution in [2.24, 2.45) is 5.73 Å². The molecule has 0 spiro atoms. The number of amides is 1. The van der Waals surface area contributed by atoms with Crippen LogP contribution in [0.15, 0.2) is 47.9 Å². The van der Waals surface area contributed by atoms with Crippen LogP contribution in [-0.2, 0) is 10.1 Å². The predicted octanol–water partition coefficient (Wildman–Crippen LogP) is 3.70. The van der Waals surface area contributed by atoms with Crippen LogP contribution < -0.4 is 10.6 Å². The Morgan fingerprint density at radius 3 is 2.27 bits per heavy atom. The Hall–Kier alpha value is -2.06. The molecular weight excluding hydrogens is 399 g/mol. The summed E-state index contributed by atoms with van der Waals surface area (Å²) in [6.07, 6.45) is 1.37. The largest absolute Gasteiger partial charge is 0.377 e. The molecule has 0 aliphatic rings. The summed E-state index contributed by atoms with van der Waals surface area (Å²) in [6.45, 7) is 0. The van der Waals surface area contributed by atoms with E-state index in [2.05, 4.69) is 0 Å². The highest BCUT2D eigenvalue weighted by atomic mass is 35.5. The van der Waals surface area contributed by atoms with Crippen LogP contribution in [0.2, 0.25) is 10.0 Å². The number of nitrogens with zero attached hydrogens (tertiary/aromatic N) is 1. The SMILES string of the molecule is CN(C)c1ccccc1/C=C/S(=O)(=O)O.NC(=O)c1ccc(Cl)cc1Cl. The standard InChI is InChI=1S/C10H13NO3S.C7H5Cl2NO/c1-11(2)10-6-4-3-5-9(10)7-8-15(12,13)14;8-4-1-2-5(7(10)11)6(9)3-4/h3-8H,1-2H3,(H,12,13,14);1-3H,(H2,10,11)/b8-7+;. The zero-order valence-electron chi connectivity index (χ0n) is 14.1. The van der Waals surface area contributed by atoms with Gasteiger partial charge in [-0.15, -0.1) is 0 Å². The van der Waals surface area contributed by atoms with E-state index >= 15 is 0 Å². The summed E-state index contributed by atoms with van der Waals surface area (Å²) in [7, 11) is -0.341. The summed E-state index contributed by atoms with van der Waals surface area (Å²) in [4.78, 5) is 12.5.